The summed E-state index contributed by atoms with van der Waals surface area (Å²) in [6.45, 7) is 3.61. The van der Waals surface area contributed by atoms with E-state index >= 15 is 0 Å². The third-order valence-corrected chi connectivity index (χ3v) is 3.04. The monoisotopic (exact) mass is 138 g/mol. The quantitative estimate of drug-likeness (QED) is 0.416. The van der Waals surface area contributed by atoms with Crippen LogP contribution >= 0.6 is 0 Å². The predicted octanol–water partition coefficient (Wildman–Crippen LogP) is -1.08. The van der Waals surface area contributed by atoms with Gasteiger partial charge in [-0.1, -0.05) is 0 Å². The van der Waals surface area contributed by atoms with Crippen LogP contribution in [0.2, 0.25) is 0 Å². The van der Waals surface area contributed by atoms with Crippen LogP contribution in [0.25, 0.3) is 0 Å². The van der Waals surface area contributed by atoms with Crippen molar-refractivity contribution in [2.24, 2.45) is 5.92 Å². The zero-order valence-electron chi connectivity index (χ0n) is 6.61. The number of rotatable bonds is 0. The van der Waals surface area contributed by atoms with Gasteiger partial charge in [-0.3, -0.25) is 0 Å². The summed E-state index contributed by atoms with van der Waals surface area (Å²) in [4.78, 5) is 0. The zero-order chi connectivity index (χ0) is 7.03. The Hall–Kier alpha value is -0.0151. The summed E-state index contributed by atoms with van der Waals surface area (Å²) in [6, 6.07) is 0. The van der Waals surface area contributed by atoms with Gasteiger partial charge in [0.05, 0.1) is 0 Å². The summed E-state index contributed by atoms with van der Waals surface area (Å²) < 4.78 is 0. The maximum absolute atomic E-state index is 3.59. The minimum absolute atomic E-state index is 0.429. The smallest absolute Gasteiger partial charge is 0.129 e. The molecular formula is C7H15BN2. The molecule has 2 rings (SSSR count). The van der Waals surface area contributed by atoms with Crippen LogP contribution in [-0.4, -0.2) is 32.9 Å². The van der Waals surface area contributed by atoms with Crippen molar-refractivity contribution in [3.63, 3.8) is 0 Å². The van der Waals surface area contributed by atoms with Gasteiger partial charge in [0.1, 0.15) is 7.85 Å². The lowest BCUT2D eigenvalue weighted by atomic mass is 9.67. The topological polar surface area (TPSA) is 24.1 Å². The van der Waals surface area contributed by atoms with Gasteiger partial charge in [-0.15, -0.1) is 0 Å². The molecule has 0 aromatic heterocycles. The van der Waals surface area contributed by atoms with Crippen LogP contribution in [0.15, 0.2) is 0 Å². The van der Waals surface area contributed by atoms with Crippen molar-refractivity contribution >= 4 is 7.85 Å². The summed E-state index contributed by atoms with van der Waals surface area (Å²) in [6.07, 6.45) is 2.78. The van der Waals surface area contributed by atoms with Crippen molar-refractivity contribution in [1.82, 2.24) is 10.6 Å². The van der Waals surface area contributed by atoms with Crippen LogP contribution in [0.3, 0.4) is 0 Å². The second-order valence-electron chi connectivity index (χ2n) is 3.81. The molecule has 0 aromatic rings. The molecule has 0 spiro atoms. The first-order valence-corrected chi connectivity index (χ1v) is 4.27. The Morgan fingerprint density at radius 3 is 3.20 bits per heavy atom. The number of piperidine rings is 1. The highest BCUT2D eigenvalue weighted by Gasteiger charge is 2.39. The van der Waals surface area contributed by atoms with Crippen molar-refractivity contribution in [2.75, 3.05) is 19.6 Å². The first-order valence-electron chi connectivity index (χ1n) is 4.27. The van der Waals surface area contributed by atoms with Gasteiger partial charge in [0, 0.05) is 12.0 Å². The first kappa shape index (κ1) is 6.68. The van der Waals surface area contributed by atoms with Crippen LogP contribution in [-0.2, 0) is 0 Å². The van der Waals surface area contributed by atoms with Crippen LogP contribution in [0, 0.1) is 5.92 Å². The first-order chi connectivity index (χ1) is 4.81. The van der Waals surface area contributed by atoms with E-state index in [4.69, 9.17) is 0 Å². The minimum Gasteiger partial charge on any atom is -0.317 e. The second-order valence-corrected chi connectivity index (χ2v) is 3.81. The minimum atomic E-state index is 0.429. The second kappa shape index (κ2) is 2.24. The maximum atomic E-state index is 3.59. The van der Waals surface area contributed by atoms with E-state index in [9.17, 15) is 0 Å². The number of hydrogen-bond acceptors (Lipinski definition) is 2. The molecule has 2 saturated heterocycles. The molecule has 1 unspecified atom stereocenters. The Morgan fingerprint density at radius 1 is 1.50 bits per heavy atom. The highest BCUT2D eigenvalue weighted by molar-refractivity contribution is 6.16. The van der Waals surface area contributed by atoms with Gasteiger partial charge < -0.3 is 10.6 Å². The van der Waals surface area contributed by atoms with Gasteiger partial charge in [-0.25, -0.2) is 0 Å². The fourth-order valence-corrected chi connectivity index (χ4v) is 2.23. The van der Waals surface area contributed by atoms with Crippen molar-refractivity contribution in [3.05, 3.63) is 0 Å². The normalized spacial score (nSPS) is 47.0. The number of hydrogen-bond donors (Lipinski definition) is 2. The average molecular weight is 138 g/mol. The Balaban J connectivity index is 2.10. The van der Waals surface area contributed by atoms with Crippen LogP contribution in [0.1, 0.15) is 12.8 Å². The molecule has 0 aromatic carbocycles. The number of nitrogens with one attached hydrogen (secondary N) is 2. The van der Waals surface area contributed by atoms with E-state index in [-0.39, 0.29) is 0 Å². The molecule has 2 nitrogen and oxygen atoms in total. The third kappa shape index (κ3) is 0.885. The molecule has 0 aliphatic carbocycles. The van der Waals surface area contributed by atoms with Gasteiger partial charge in [-0.05, 0) is 31.8 Å². The molecule has 2 fully saturated rings. The molecule has 2 N–H and O–H groups in total. The summed E-state index contributed by atoms with van der Waals surface area (Å²) in [5, 5.41) is 7.04. The Morgan fingerprint density at radius 2 is 2.40 bits per heavy atom. The fraction of sp³-hybridized carbons (Fsp3) is 1.00. The molecule has 3 heteroatoms. The van der Waals surface area contributed by atoms with Gasteiger partial charge in [0.25, 0.3) is 0 Å². The largest absolute Gasteiger partial charge is 0.317 e. The summed E-state index contributed by atoms with van der Waals surface area (Å²) in [7, 11) is 2.34. The van der Waals surface area contributed by atoms with Gasteiger partial charge in [0.2, 0.25) is 0 Å². The van der Waals surface area contributed by atoms with Gasteiger partial charge in [0.15, 0.2) is 0 Å². The molecule has 2 heterocycles. The van der Waals surface area contributed by atoms with E-state index in [2.05, 4.69) is 18.5 Å². The van der Waals surface area contributed by atoms with Gasteiger partial charge in [-0.2, -0.15) is 0 Å². The lowest BCUT2D eigenvalue weighted by Crippen LogP contribution is -2.55. The Bertz CT molecular complexity index is 140. The third-order valence-electron chi connectivity index (χ3n) is 3.04. The van der Waals surface area contributed by atoms with Crippen molar-refractivity contribution in [1.29, 1.82) is 0 Å². The molecule has 2 aliphatic rings. The van der Waals surface area contributed by atoms with Crippen LogP contribution < -0.4 is 10.6 Å². The van der Waals surface area contributed by atoms with Crippen molar-refractivity contribution in [2.45, 2.75) is 18.3 Å². The lowest BCUT2D eigenvalue weighted by molar-refractivity contribution is 0.300. The molecule has 0 radical (unpaired) electrons. The van der Waals surface area contributed by atoms with E-state index < -0.39 is 0 Å². The summed E-state index contributed by atoms with van der Waals surface area (Å²) >= 11 is 0. The average Bonchev–Trinajstić information content (AvgIpc) is 2.29. The Kier molecular flexibility index (Phi) is 1.50. The number of fused-ring (bicyclic) bond motifs is 1. The van der Waals surface area contributed by atoms with E-state index in [1.165, 1.54) is 25.9 Å². The molecule has 2 aliphatic heterocycles. The molecule has 0 amide bonds. The van der Waals surface area contributed by atoms with E-state index in [1.54, 1.807) is 0 Å². The predicted molar refractivity (Wildman–Crippen MR) is 44.9 cm³/mol. The van der Waals surface area contributed by atoms with Crippen LogP contribution in [0.4, 0.5) is 0 Å². The standard InChI is InChI=1S/C7H15BN2/c8-7-5-9-4-6(7)2-1-3-10-7/h6,9-10H,1-5,8H2/t6?,7-/m1/s1. The molecular weight excluding hydrogens is 123 g/mol. The summed E-state index contributed by atoms with van der Waals surface area (Å²) in [5.41, 5.74) is 0.429. The molecule has 10 heavy (non-hydrogen) atoms. The van der Waals surface area contributed by atoms with Crippen molar-refractivity contribution in [3.8, 4) is 0 Å². The van der Waals surface area contributed by atoms with E-state index in [1.807, 2.05) is 0 Å². The summed E-state index contributed by atoms with van der Waals surface area (Å²) in [5.74, 6) is 0.890. The van der Waals surface area contributed by atoms with E-state index in [0.29, 0.717) is 5.44 Å². The Labute approximate surface area is 63.2 Å². The van der Waals surface area contributed by atoms with Crippen LogP contribution in [0.5, 0.6) is 0 Å². The fourth-order valence-electron chi connectivity index (χ4n) is 2.23. The molecule has 0 saturated carbocycles. The maximum Gasteiger partial charge on any atom is 0.129 e. The van der Waals surface area contributed by atoms with E-state index in [0.717, 1.165) is 12.5 Å². The highest BCUT2D eigenvalue weighted by Crippen LogP contribution is 2.26. The van der Waals surface area contributed by atoms with Crippen molar-refractivity contribution < 1.29 is 0 Å². The SMILES string of the molecule is B[C@@]12CNCC1CCCN2. The zero-order valence-corrected chi connectivity index (χ0v) is 6.61. The van der Waals surface area contributed by atoms with Gasteiger partial charge >= 0.3 is 0 Å². The molecule has 2 atom stereocenters. The molecule has 0 bridgehead atoms. The highest BCUT2D eigenvalue weighted by atomic mass is 15.1. The molecule has 56 valence electrons. The lowest BCUT2D eigenvalue weighted by Gasteiger charge is -2.36.